The normalized spacial score (nSPS) is 9.11. The van der Waals surface area contributed by atoms with E-state index in [4.69, 9.17) is 15.3 Å². The Hall–Kier alpha value is -2.58. The van der Waals surface area contributed by atoms with Crippen molar-refractivity contribution in [1.29, 1.82) is 0 Å². The molecule has 0 aliphatic heterocycles. The van der Waals surface area contributed by atoms with E-state index >= 15 is 0 Å². The first-order valence-corrected chi connectivity index (χ1v) is 6.46. The molecule has 28 heavy (non-hydrogen) atoms. The molecule has 0 bridgehead atoms. The van der Waals surface area contributed by atoms with Gasteiger partial charge in [-0.15, -0.1) is 0 Å². The minimum absolute atomic E-state index is 0. The zero-order valence-electron chi connectivity index (χ0n) is 15.0. The Labute approximate surface area is 192 Å². The number of carbonyl (C=O) groups is 6. The number of esters is 3. The van der Waals surface area contributed by atoms with Crippen molar-refractivity contribution in [2.75, 3.05) is 21.3 Å². The van der Waals surface area contributed by atoms with E-state index in [-0.39, 0.29) is 41.7 Å². The molecule has 0 aromatic carbocycles. The van der Waals surface area contributed by atoms with Gasteiger partial charge in [0.05, 0.1) is 21.3 Å². The maximum Gasteiger partial charge on any atom is 0.330 e. The number of hydrogen-bond donors (Lipinski definition) is 3. The van der Waals surface area contributed by atoms with Crippen LogP contribution in [0.25, 0.3) is 0 Å². The van der Waals surface area contributed by atoms with Gasteiger partial charge in [-0.3, -0.25) is 0 Å². The first-order chi connectivity index (χ1) is 12.5. The van der Waals surface area contributed by atoms with Crippen LogP contribution in [0.15, 0.2) is 36.5 Å². The Kier molecular flexibility index (Phi) is 26.5. The Bertz CT molecular complexity index is 533. The van der Waals surface area contributed by atoms with E-state index in [0.717, 1.165) is 18.2 Å². The zero-order valence-corrected chi connectivity index (χ0v) is 18.1. The molecule has 0 aliphatic carbocycles. The molecule has 0 rings (SSSR count). The molecule has 0 atom stereocenters. The number of aliphatic carboxylic acids is 3. The molecule has 0 spiro atoms. The minimum Gasteiger partial charge on any atom is -0.478 e. The van der Waals surface area contributed by atoms with E-state index in [0.29, 0.717) is 18.2 Å². The van der Waals surface area contributed by atoms with Gasteiger partial charge in [-0.05, 0) is 0 Å². The molecule has 0 aromatic heterocycles. The number of carboxylic acids is 3. The van der Waals surface area contributed by atoms with Crippen LogP contribution in [-0.2, 0) is 43.0 Å². The number of carbonyl (C=O) groups excluding carboxylic acids is 3. The van der Waals surface area contributed by atoms with Gasteiger partial charge in [0, 0.05) is 78.2 Å². The molecular formula is C15H18CeO12. The number of hydrogen-bond acceptors (Lipinski definition) is 9. The summed E-state index contributed by atoms with van der Waals surface area (Å²) in [5.74, 6) is -5.51. The van der Waals surface area contributed by atoms with Gasteiger partial charge in [0.1, 0.15) is 0 Å². The Balaban J connectivity index is -0.000000152. The molecule has 0 heterocycles. The minimum atomic E-state index is -1.17. The molecule has 0 saturated carbocycles. The van der Waals surface area contributed by atoms with Crippen molar-refractivity contribution < 1.29 is 100 Å². The molecule has 0 amide bonds. The second-order valence-electron chi connectivity index (χ2n) is 3.58. The fraction of sp³-hybridized carbons (Fsp3) is 0.200. The van der Waals surface area contributed by atoms with Crippen molar-refractivity contribution in [3.63, 3.8) is 0 Å². The monoisotopic (exact) mass is 530 g/mol. The van der Waals surface area contributed by atoms with Crippen LogP contribution < -0.4 is 0 Å². The van der Waals surface area contributed by atoms with Crippen LogP contribution in [0.4, 0.5) is 0 Å². The van der Waals surface area contributed by atoms with Gasteiger partial charge in [0.15, 0.2) is 0 Å². The van der Waals surface area contributed by atoms with Gasteiger partial charge in [-0.2, -0.15) is 0 Å². The van der Waals surface area contributed by atoms with Crippen LogP contribution in [-0.4, -0.2) is 72.5 Å². The Morgan fingerprint density at radius 3 is 0.786 bits per heavy atom. The summed E-state index contributed by atoms with van der Waals surface area (Å²) in [5.41, 5.74) is 0. The molecule has 0 unspecified atom stereocenters. The van der Waals surface area contributed by atoms with Crippen molar-refractivity contribution in [2.24, 2.45) is 0 Å². The SMILES string of the molecule is COC(=O)/C=C\C(=O)O.COC(=O)/C=C\C(=O)O.COC(=O)/C=C\C(=O)O.[Ce]. The van der Waals surface area contributed by atoms with E-state index in [1.54, 1.807) is 0 Å². The van der Waals surface area contributed by atoms with Crippen LogP contribution in [0.1, 0.15) is 0 Å². The molecule has 0 radical (unpaired) electrons. The predicted molar refractivity (Wildman–Crippen MR) is 86.4 cm³/mol. The van der Waals surface area contributed by atoms with Gasteiger partial charge in [0.2, 0.25) is 0 Å². The maximum atomic E-state index is 10.1. The average molecular weight is 530 g/mol. The quantitative estimate of drug-likeness (QED) is 0.225. The van der Waals surface area contributed by atoms with Gasteiger partial charge >= 0.3 is 35.8 Å². The number of rotatable bonds is 6. The van der Waals surface area contributed by atoms with Crippen LogP contribution in [0.5, 0.6) is 0 Å². The average Bonchev–Trinajstić information content (AvgIpc) is 2.62. The molecule has 0 aromatic rings. The maximum absolute atomic E-state index is 10.1. The van der Waals surface area contributed by atoms with Crippen LogP contribution in [0.2, 0.25) is 0 Å². The molecule has 12 nitrogen and oxygen atoms in total. The van der Waals surface area contributed by atoms with E-state index < -0.39 is 35.8 Å². The largest absolute Gasteiger partial charge is 0.478 e. The van der Waals surface area contributed by atoms with E-state index in [1.807, 2.05) is 0 Å². The van der Waals surface area contributed by atoms with Gasteiger partial charge in [-0.25, -0.2) is 28.8 Å². The number of methoxy groups -OCH3 is 3. The van der Waals surface area contributed by atoms with Crippen LogP contribution in [0.3, 0.4) is 0 Å². The summed E-state index contributed by atoms with van der Waals surface area (Å²) in [4.78, 5) is 59.6. The second-order valence-corrected chi connectivity index (χ2v) is 3.58. The summed E-state index contributed by atoms with van der Waals surface area (Å²) >= 11 is 0. The summed E-state index contributed by atoms with van der Waals surface area (Å²) in [7, 11) is 3.53. The third-order valence-electron chi connectivity index (χ3n) is 1.69. The Morgan fingerprint density at radius 1 is 0.500 bits per heavy atom. The fourth-order valence-electron chi connectivity index (χ4n) is 0.622. The number of carboxylic acid groups (broad SMARTS) is 3. The molecule has 0 saturated heterocycles. The summed E-state index contributed by atoms with van der Waals surface area (Å²) in [6.45, 7) is 0. The first kappa shape index (κ1) is 33.0. The molecule has 3 N–H and O–H groups in total. The third-order valence-corrected chi connectivity index (χ3v) is 1.69. The summed E-state index contributed by atoms with van der Waals surface area (Å²) < 4.78 is 12.3. The zero-order chi connectivity index (χ0) is 21.8. The molecule has 154 valence electrons. The summed E-state index contributed by atoms with van der Waals surface area (Å²) in [6.07, 6.45) is 4.65. The van der Waals surface area contributed by atoms with Gasteiger partial charge in [0.25, 0.3) is 0 Å². The third kappa shape index (κ3) is 34.7. The molecule has 0 aliphatic rings. The van der Waals surface area contributed by atoms with E-state index in [1.165, 1.54) is 21.3 Å². The number of ether oxygens (including phenoxy) is 3. The van der Waals surface area contributed by atoms with Crippen LogP contribution >= 0.6 is 0 Å². The summed E-state index contributed by atoms with van der Waals surface area (Å²) in [5, 5.41) is 23.9. The fourth-order valence-corrected chi connectivity index (χ4v) is 0.622. The first-order valence-electron chi connectivity index (χ1n) is 6.46. The standard InChI is InChI=1S/3C5H6O4.Ce/c3*1-9-5(8)3-2-4(6)7;/h3*2-3H,1H3,(H,6,7);/b3*3-2-;. The summed E-state index contributed by atoms with van der Waals surface area (Å²) in [6, 6.07) is 0. The van der Waals surface area contributed by atoms with E-state index in [2.05, 4.69) is 14.2 Å². The molecule has 13 heteroatoms. The van der Waals surface area contributed by atoms with Gasteiger partial charge < -0.3 is 29.5 Å². The van der Waals surface area contributed by atoms with Crippen molar-refractivity contribution in [3.05, 3.63) is 36.5 Å². The Morgan fingerprint density at radius 2 is 0.679 bits per heavy atom. The van der Waals surface area contributed by atoms with Crippen molar-refractivity contribution in [3.8, 4) is 0 Å². The molecule has 0 fully saturated rings. The smallest absolute Gasteiger partial charge is 0.330 e. The van der Waals surface area contributed by atoms with Crippen LogP contribution in [0, 0.1) is 41.7 Å². The van der Waals surface area contributed by atoms with E-state index in [9.17, 15) is 28.8 Å². The van der Waals surface area contributed by atoms with Crippen molar-refractivity contribution in [1.82, 2.24) is 0 Å². The van der Waals surface area contributed by atoms with Crippen molar-refractivity contribution in [2.45, 2.75) is 0 Å². The topological polar surface area (TPSA) is 191 Å². The predicted octanol–water partition coefficient (Wildman–Crippen LogP) is -0.599. The molecular weight excluding hydrogens is 512 g/mol. The van der Waals surface area contributed by atoms with Crippen molar-refractivity contribution >= 4 is 35.8 Å². The van der Waals surface area contributed by atoms with Gasteiger partial charge in [-0.1, -0.05) is 0 Å². The second kappa shape index (κ2) is 22.5.